The Morgan fingerprint density at radius 1 is 1.40 bits per heavy atom. The normalized spacial score (nSPS) is 15.8. The molecule has 3 rings (SSSR count). The van der Waals surface area contributed by atoms with Gasteiger partial charge in [-0.25, -0.2) is 4.98 Å². The first-order valence-corrected chi connectivity index (χ1v) is 7.40. The van der Waals surface area contributed by atoms with E-state index in [1.54, 1.807) is 12.3 Å². The summed E-state index contributed by atoms with van der Waals surface area (Å²) in [6.45, 7) is 2.99. The van der Waals surface area contributed by atoms with Crippen LogP contribution in [0.15, 0.2) is 23.3 Å². The average molecular weight is 272 g/mol. The highest BCUT2D eigenvalue weighted by molar-refractivity contribution is 5.52. The molecule has 0 saturated heterocycles. The average Bonchev–Trinajstić information content (AvgIpc) is 3.09. The largest absolute Gasteiger partial charge is 0.306 e. The van der Waals surface area contributed by atoms with Crippen LogP contribution in [0.5, 0.6) is 0 Å². The van der Waals surface area contributed by atoms with Gasteiger partial charge < -0.3 is 4.98 Å². The molecule has 5 heteroatoms. The highest BCUT2D eigenvalue weighted by atomic mass is 16.1. The molecule has 106 valence electrons. The standard InChI is InChI=1S/C15H20N4O/c1-2-7-19-10-12(9-16-19)15-17-13(8-14(20)18-15)11-5-3-4-6-11/h8-11H,2-7H2,1H3,(H,17,18,20). The Morgan fingerprint density at radius 3 is 2.95 bits per heavy atom. The van der Waals surface area contributed by atoms with Crippen LogP contribution in [0.3, 0.4) is 0 Å². The maximum absolute atomic E-state index is 11.9. The summed E-state index contributed by atoms with van der Waals surface area (Å²) in [7, 11) is 0. The fourth-order valence-electron chi connectivity index (χ4n) is 2.88. The van der Waals surface area contributed by atoms with Crippen LogP contribution in [0.25, 0.3) is 11.4 Å². The number of hydrogen-bond donors (Lipinski definition) is 1. The maximum Gasteiger partial charge on any atom is 0.251 e. The van der Waals surface area contributed by atoms with Crippen LogP contribution in [-0.4, -0.2) is 19.7 Å². The molecule has 0 unspecified atom stereocenters. The fourth-order valence-corrected chi connectivity index (χ4v) is 2.88. The summed E-state index contributed by atoms with van der Waals surface area (Å²) in [4.78, 5) is 19.3. The number of aromatic amines is 1. The molecular formula is C15H20N4O. The van der Waals surface area contributed by atoms with Crippen LogP contribution in [0.4, 0.5) is 0 Å². The second-order valence-corrected chi connectivity index (χ2v) is 5.49. The van der Waals surface area contributed by atoms with E-state index in [4.69, 9.17) is 0 Å². The summed E-state index contributed by atoms with van der Waals surface area (Å²) in [5.74, 6) is 1.09. The molecule has 2 heterocycles. The van der Waals surface area contributed by atoms with E-state index < -0.39 is 0 Å². The molecule has 2 aromatic rings. The number of aromatic nitrogens is 4. The summed E-state index contributed by atoms with van der Waals surface area (Å²) in [6, 6.07) is 1.65. The van der Waals surface area contributed by atoms with E-state index in [9.17, 15) is 4.79 Å². The van der Waals surface area contributed by atoms with E-state index in [1.165, 1.54) is 12.8 Å². The van der Waals surface area contributed by atoms with Gasteiger partial charge in [0.2, 0.25) is 0 Å². The van der Waals surface area contributed by atoms with Crippen molar-refractivity contribution in [3.05, 3.63) is 34.5 Å². The number of nitrogens with zero attached hydrogens (tertiary/aromatic N) is 3. The molecule has 0 bridgehead atoms. The van der Waals surface area contributed by atoms with E-state index in [2.05, 4.69) is 22.0 Å². The SMILES string of the molecule is CCCn1cc(-c2nc(C3CCCC3)cc(=O)[nH]2)cn1. The van der Waals surface area contributed by atoms with Gasteiger partial charge >= 0.3 is 0 Å². The van der Waals surface area contributed by atoms with Crippen molar-refractivity contribution < 1.29 is 0 Å². The Bertz CT molecular complexity index is 637. The second-order valence-electron chi connectivity index (χ2n) is 5.49. The van der Waals surface area contributed by atoms with E-state index in [-0.39, 0.29) is 5.56 Å². The van der Waals surface area contributed by atoms with Gasteiger partial charge in [0.1, 0.15) is 5.82 Å². The lowest BCUT2D eigenvalue weighted by Gasteiger charge is -2.08. The van der Waals surface area contributed by atoms with Gasteiger partial charge in [0, 0.05) is 24.7 Å². The Morgan fingerprint density at radius 2 is 2.20 bits per heavy atom. The number of H-pyrrole nitrogens is 1. The van der Waals surface area contributed by atoms with Gasteiger partial charge in [0.25, 0.3) is 5.56 Å². The van der Waals surface area contributed by atoms with Gasteiger partial charge in [-0.15, -0.1) is 0 Å². The highest BCUT2D eigenvalue weighted by Gasteiger charge is 2.19. The van der Waals surface area contributed by atoms with Crippen molar-refractivity contribution in [1.29, 1.82) is 0 Å². The zero-order valence-electron chi connectivity index (χ0n) is 11.8. The molecule has 2 aromatic heterocycles. The maximum atomic E-state index is 11.9. The smallest absolute Gasteiger partial charge is 0.251 e. The second kappa shape index (κ2) is 5.61. The number of rotatable bonds is 4. The molecule has 0 aromatic carbocycles. The summed E-state index contributed by atoms with van der Waals surface area (Å²) >= 11 is 0. The number of nitrogens with one attached hydrogen (secondary N) is 1. The van der Waals surface area contributed by atoms with Gasteiger partial charge in [-0.2, -0.15) is 5.10 Å². The monoisotopic (exact) mass is 272 g/mol. The van der Waals surface area contributed by atoms with Crippen LogP contribution >= 0.6 is 0 Å². The summed E-state index contributed by atoms with van der Waals surface area (Å²) in [6.07, 6.45) is 9.52. The van der Waals surface area contributed by atoms with Crippen LogP contribution in [0.1, 0.15) is 50.6 Å². The Balaban J connectivity index is 1.93. The molecule has 0 amide bonds. The van der Waals surface area contributed by atoms with Gasteiger partial charge in [0.15, 0.2) is 0 Å². The predicted molar refractivity (Wildman–Crippen MR) is 77.6 cm³/mol. The fraction of sp³-hybridized carbons (Fsp3) is 0.533. The summed E-state index contributed by atoms with van der Waals surface area (Å²) < 4.78 is 1.89. The lowest BCUT2D eigenvalue weighted by molar-refractivity contribution is 0.603. The third-order valence-corrected chi connectivity index (χ3v) is 3.89. The molecule has 1 aliphatic carbocycles. The van der Waals surface area contributed by atoms with Crippen LogP contribution in [0.2, 0.25) is 0 Å². The minimum absolute atomic E-state index is 0.0693. The first kappa shape index (κ1) is 13.1. The van der Waals surface area contributed by atoms with Crippen molar-refractivity contribution in [2.75, 3.05) is 0 Å². The van der Waals surface area contributed by atoms with Gasteiger partial charge in [-0.05, 0) is 19.3 Å². The van der Waals surface area contributed by atoms with E-state index in [0.717, 1.165) is 37.1 Å². The first-order valence-electron chi connectivity index (χ1n) is 7.40. The van der Waals surface area contributed by atoms with Crippen LogP contribution in [-0.2, 0) is 6.54 Å². The van der Waals surface area contributed by atoms with E-state index >= 15 is 0 Å². The first-order chi connectivity index (χ1) is 9.76. The number of hydrogen-bond acceptors (Lipinski definition) is 3. The summed E-state index contributed by atoms with van der Waals surface area (Å²) in [5.41, 5.74) is 1.75. The Kier molecular flexibility index (Phi) is 3.67. The Labute approximate surface area is 118 Å². The predicted octanol–water partition coefficient (Wildman–Crippen LogP) is 2.70. The molecule has 5 nitrogen and oxygen atoms in total. The molecule has 1 fully saturated rings. The van der Waals surface area contributed by atoms with Gasteiger partial charge in [0.05, 0.1) is 17.5 Å². The van der Waals surface area contributed by atoms with Crippen LogP contribution < -0.4 is 5.56 Å². The highest BCUT2D eigenvalue weighted by Crippen LogP contribution is 2.32. The quantitative estimate of drug-likeness (QED) is 0.930. The lowest BCUT2D eigenvalue weighted by Crippen LogP contribution is -2.12. The van der Waals surface area contributed by atoms with E-state index in [1.807, 2.05) is 10.9 Å². The topological polar surface area (TPSA) is 63.6 Å². The molecule has 1 aliphatic rings. The number of aryl methyl sites for hydroxylation is 1. The molecule has 0 spiro atoms. The molecule has 1 saturated carbocycles. The molecule has 0 atom stereocenters. The Hall–Kier alpha value is -1.91. The van der Waals surface area contributed by atoms with Crippen LogP contribution in [0, 0.1) is 0 Å². The van der Waals surface area contributed by atoms with Crippen molar-refractivity contribution in [1.82, 2.24) is 19.7 Å². The third-order valence-electron chi connectivity index (χ3n) is 3.89. The summed E-state index contributed by atoms with van der Waals surface area (Å²) in [5, 5.41) is 4.29. The van der Waals surface area contributed by atoms with Crippen molar-refractivity contribution in [3.8, 4) is 11.4 Å². The molecular weight excluding hydrogens is 252 g/mol. The minimum atomic E-state index is -0.0693. The van der Waals surface area contributed by atoms with Crippen molar-refractivity contribution in [2.24, 2.45) is 0 Å². The zero-order chi connectivity index (χ0) is 13.9. The van der Waals surface area contributed by atoms with Crippen molar-refractivity contribution in [3.63, 3.8) is 0 Å². The van der Waals surface area contributed by atoms with Gasteiger partial charge in [-0.3, -0.25) is 9.48 Å². The van der Waals surface area contributed by atoms with Crippen molar-refractivity contribution in [2.45, 2.75) is 51.5 Å². The lowest BCUT2D eigenvalue weighted by atomic mass is 10.0. The minimum Gasteiger partial charge on any atom is -0.306 e. The molecule has 0 aliphatic heterocycles. The molecule has 0 radical (unpaired) electrons. The van der Waals surface area contributed by atoms with E-state index in [0.29, 0.717) is 11.7 Å². The van der Waals surface area contributed by atoms with Crippen molar-refractivity contribution >= 4 is 0 Å². The third kappa shape index (κ3) is 2.66. The molecule has 20 heavy (non-hydrogen) atoms. The molecule has 1 N–H and O–H groups in total. The zero-order valence-corrected chi connectivity index (χ0v) is 11.8. The van der Waals surface area contributed by atoms with Gasteiger partial charge in [-0.1, -0.05) is 19.8 Å².